The summed E-state index contributed by atoms with van der Waals surface area (Å²) in [4.78, 5) is 41.6. The quantitative estimate of drug-likeness (QED) is 0.196. The first-order valence-electron chi connectivity index (χ1n) is 12.0. The van der Waals surface area contributed by atoms with Crippen LogP contribution in [0.1, 0.15) is 43.9 Å². The standard InChI is InChI=1S/C24H32N9O3S2/c1-15-21(37-13-31(15)11-19-9-27-17(3)29-23(19)25)5-7-35-33(34)36-8-6-22-16(2)32(14-38-22)12-20-10-28-18(4)30-24(20)26/h9-10,13-14H,5-8,11-12H2,1-4H3,(H2,25,27,29)(H2,26,28,30)/q+3. The van der Waals surface area contributed by atoms with E-state index < -0.39 is 0 Å². The van der Waals surface area contributed by atoms with Crippen LogP contribution in [0.5, 0.6) is 0 Å². The molecule has 0 aromatic carbocycles. The molecular formula is C24H32N9O3S2+3. The van der Waals surface area contributed by atoms with Crippen LogP contribution in [-0.2, 0) is 35.6 Å². The molecule has 14 heteroatoms. The van der Waals surface area contributed by atoms with Crippen LogP contribution >= 0.6 is 22.7 Å². The van der Waals surface area contributed by atoms with Gasteiger partial charge in [0.05, 0.1) is 20.9 Å². The second-order valence-corrected chi connectivity index (χ2v) is 10.6. The third-order valence-electron chi connectivity index (χ3n) is 6.08. The Morgan fingerprint density at radius 3 is 1.61 bits per heavy atom. The molecule has 200 valence electrons. The number of anilines is 2. The first kappa shape index (κ1) is 27.3. The van der Waals surface area contributed by atoms with Gasteiger partial charge >= 0.3 is 5.09 Å². The van der Waals surface area contributed by atoms with Gasteiger partial charge in [0, 0.05) is 39.1 Å². The first-order chi connectivity index (χ1) is 18.2. The fourth-order valence-electron chi connectivity index (χ4n) is 3.79. The molecule has 0 saturated heterocycles. The van der Waals surface area contributed by atoms with Crippen molar-refractivity contribution < 1.29 is 23.9 Å². The zero-order valence-corrected chi connectivity index (χ0v) is 23.5. The van der Waals surface area contributed by atoms with Crippen molar-refractivity contribution in [3.63, 3.8) is 0 Å². The van der Waals surface area contributed by atoms with Crippen LogP contribution in [0.2, 0.25) is 0 Å². The van der Waals surface area contributed by atoms with Crippen molar-refractivity contribution in [1.29, 1.82) is 0 Å². The summed E-state index contributed by atoms with van der Waals surface area (Å²) in [5.41, 5.74) is 20.0. The van der Waals surface area contributed by atoms with E-state index in [0.717, 1.165) is 32.3 Å². The second kappa shape index (κ2) is 12.2. The Bertz CT molecular complexity index is 1330. The predicted molar refractivity (Wildman–Crippen MR) is 142 cm³/mol. The minimum absolute atomic E-state index is 0.197. The van der Waals surface area contributed by atoms with E-state index in [4.69, 9.17) is 21.1 Å². The van der Waals surface area contributed by atoms with Crippen molar-refractivity contribution in [3.8, 4) is 0 Å². The maximum absolute atomic E-state index is 12.0. The highest BCUT2D eigenvalue weighted by molar-refractivity contribution is 7.09. The molecule has 0 aliphatic heterocycles. The zero-order chi connectivity index (χ0) is 27.2. The Hall–Kier alpha value is -3.78. The largest absolute Gasteiger partial charge is 0.477 e. The first-order valence-corrected chi connectivity index (χ1v) is 13.8. The monoisotopic (exact) mass is 558 g/mol. The third kappa shape index (κ3) is 6.75. The molecule has 0 radical (unpaired) electrons. The molecule has 0 spiro atoms. The van der Waals surface area contributed by atoms with Crippen molar-refractivity contribution in [2.75, 3.05) is 24.7 Å². The van der Waals surface area contributed by atoms with Gasteiger partial charge in [0.15, 0.2) is 37.7 Å². The highest BCUT2D eigenvalue weighted by Gasteiger charge is 2.22. The molecule has 4 aromatic rings. The number of hydrogen-bond donors (Lipinski definition) is 2. The minimum atomic E-state index is 0.197. The maximum Gasteiger partial charge on any atom is 0.477 e. The number of aromatic nitrogens is 6. The number of nitrogen functional groups attached to an aromatic ring is 2. The van der Waals surface area contributed by atoms with E-state index in [1.807, 2.05) is 38.7 Å². The average molecular weight is 559 g/mol. The fourth-order valence-corrected chi connectivity index (χ4v) is 5.75. The lowest BCUT2D eigenvalue weighted by Crippen LogP contribution is -2.35. The number of hydrogen-bond acceptors (Lipinski definition) is 11. The van der Waals surface area contributed by atoms with Crippen LogP contribution in [0, 0.1) is 32.6 Å². The van der Waals surface area contributed by atoms with E-state index >= 15 is 0 Å². The van der Waals surface area contributed by atoms with Gasteiger partial charge in [-0.05, 0) is 13.8 Å². The van der Waals surface area contributed by atoms with Gasteiger partial charge in [0.1, 0.15) is 28.2 Å². The smallest absolute Gasteiger partial charge is 0.383 e. The lowest BCUT2D eigenvalue weighted by atomic mass is 10.2. The van der Waals surface area contributed by atoms with Crippen molar-refractivity contribution in [2.24, 2.45) is 0 Å². The molecule has 4 aromatic heterocycles. The zero-order valence-electron chi connectivity index (χ0n) is 21.9. The lowest BCUT2D eigenvalue weighted by Gasteiger charge is -2.02. The Morgan fingerprint density at radius 1 is 0.789 bits per heavy atom. The van der Waals surface area contributed by atoms with Gasteiger partial charge in [-0.2, -0.15) is 18.8 Å². The van der Waals surface area contributed by atoms with Crippen LogP contribution < -0.4 is 20.6 Å². The number of nitrogens with two attached hydrogens (primary N) is 2. The maximum atomic E-state index is 12.0. The van der Waals surface area contributed by atoms with Crippen molar-refractivity contribution in [1.82, 2.24) is 19.9 Å². The molecule has 0 fully saturated rings. The highest BCUT2D eigenvalue weighted by Crippen LogP contribution is 2.16. The van der Waals surface area contributed by atoms with E-state index in [9.17, 15) is 4.91 Å². The van der Waals surface area contributed by atoms with Gasteiger partial charge in [-0.1, -0.05) is 22.7 Å². The summed E-state index contributed by atoms with van der Waals surface area (Å²) in [6.07, 6.45) is 4.68. The normalized spacial score (nSPS) is 11.1. The topological polar surface area (TPSA) is 150 Å². The van der Waals surface area contributed by atoms with Gasteiger partial charge in [0.2, 0.25) is 11.0 Å². The van der Waals surface area contributed by atoms with Crippen LogP contribution in [0.25, 0.3) is 0 Å². The minimum Gasteiger partial charge on any atom is -0.383 e. The van der Waals surface area contributed by atoms with E-state index in [-0.39, 0.29) is 18.3 Å². The van der Waals surface area contributed by atoms with Crippen molar-refractivity contribution in [2.45, 2.75) is 53.6 Å². The van der Waals surface area contributed by atoms with Crippen LogP contribution in [-0.4, -0.2) is 38.2 Å². The van der Waals surface area contributed by atoms with Gasteiger partial charge in [-0.15, -0.1) is 0 Å². The molecule has 0 aliphatic rings. The average Bonchev–Trinajstić information content (AvgIpc) is 3.39. The lowest BCUT2D eigenvalue weighted by molar-refractivity contribution is -0.981. The summed E-state index contributed by atoms with van der Waals surface area (Å²) in [6, 6.07) is 0. The molecule has 38 heavy (non-hydrogen) atoms. The Morgan fingerprint density at radius 2 is 1.21 bits per heavy atom. The molecule has 0 atom stereocenters. The summed E-state index contributed by atoms with van der Waals surface area (Å²) in [5.74, 6) is 2.26. The molecular weight excluding hydrogens is 526 g/mol. The van der Waals surface area contributed by atoms with E-state index in [1.54, 1.807) is 35.1 Å². The fraction of sp³-hybridized carbons (Fsp3) is 0.417. The van der Waals surface area contributed by atoms with Crippen LogP contribution in [0.15, 0.2) is 23.4 Å². The van der Waals surface area contributed by atoms with Gasteiger partial charge < -0.3 is 11.5 Å². The molecule has 0 aliphatic carbocycles. The number of rotatable bonds is 12. The number of nitrogens with zero attached hydrogens (tertiary/aromatic N) is 7. The number of aryl methyl sites for hydroxylation is 2. The summed E-state index contributed by atoms with van der Waals surface area (Å²) in [7, 11) is 0. The third-order valence-corrected chi connectivity index (χ3v) is 8.37. The molecule has 4 heterocycles. The molecule has 0 amide bonds. The van der Waals surface area contributed by atoms with Gasteiger partial charge in [-0.3, -0.25) is 0 Å². The Labute approximate surface area is 228 Å². The molecule has 0 saturated carbocycles. The summed E-state index contributed by atoms with van der Waals surface area (Å²) in [5, 5.41) is 0.197. The SMILES string of the molecule is Cc1ncc(C[n+]2csc(CCO[N+](=O)OCCc3sc[n+](Cc4cnc(C)nc4N)c3C)c2C)c(N)n1. The van der Waals surface area contributed by atoms with Crippen molar-refractivity contribution in [3.05, 3.63) is 72.2 Å². The molecule has 4 rings (SSSR count). The van der Waals surface area contributed by atoms with E-state index in [2.05, 4.69) is 29.1 Å². The van der Waals surface area contributed by atoms with Gasteiger partial charge in [-0.25, -0.2) is 19.9 Å². The summed E-state index contributed by atoms with van der Waals surface area (Å²) in [6.45, 7) is 9.25. The van der Waals surface area contributed by atoms with Crippen molar-refractivity contribution >= 4 is 34.3 Å². The molecule has 12 nitrogen and oxygen atoms in total. The van der Waals surface area contributed by atoms with Crippen LogP contribution in [0.4, 0.5) is 11.6 Å². The van der Waals surface area contributed by atoms with E-state index in [1.165, 1.54) is 0 Å². The Balaban J connectivity index is 1.20. The summed E-state index contributed by atoms with van der Waals surface area (Å²) < 4.78 is 4.18. The van der Waals surface area contributed by atoms with E-state index in [0.29, 0.717) is 49.2 Å². The Kier molecular flexibility index (Phi) is 8.73. The van der Waals surface area contributed by atoms with Gasteiger partial charge in [0.25, 0.3) is 0 Å². The summed E-state index contributed by atoms with van der Waals surface area (Å²) >= 11 is 3.20. The van der Waals surface area contributed by atoms with Crippen LogP contribution in [0.3, 0.4) is 0 Å². The molecule has 4 N–H and O–H groups in total. The molecule has 0 bridgehead atoms. The molecule has 0 unspecified atom stereocenters. The predicted octanol–water partition coefficient (Wildman–Crippen LogP) is 1.89. The second-order valence-electron chi connectivity index (χ2n) is 8.76. The highest BCUT2D eigenvalue weighted by atomic mass is 32.1. The number of thiazole rings is 2.